The maximum atomic E-state index is 14.4. The van der Waals surface area contributed by atoms with Crippen LogP contribution in [0.4, 0.5) is 4.39 Å². The second-order valence-electron chi connectivity index (χ2n) is 8.69. The number of nitrogens with zero attached hydrogens (tertiary/aromatic N) is 2. The first-order valence-electron chi connectivity index (χ1n) is 10.0. The number of halogens is 4. The second-order valence-corrected chi connectivity index (χ2v) is 10.4. The van der Waals surface area contributed by atoms with Gasteiger partial charge in [0.25, 0.3) is 23.6 Å². The molecule has 0 radical (unpaired) electrons. The first-order chi connectivity index (χ1) is 15.5. The van der Waals surface area contributed by atoms with Crippen LogP contribution >= 0.6 is 39.1 Å². The van der Waals surface area contributed by atoms with Gasteiger partial charge in [0, 0.05) is 5.92 Å². The van der Waals surface area contributed by atoms with Crippen molar-refractivity contribution in [2.45, 2.75) is 28.5 Å². The molecular weight excluding hydrogens is 546 g/mol. The lowest BCUT2D eigenvalue weighted by Gasteiger charge is -2.50. The van der Waals surface area contributed by atoms with Crippen LogP contribution in [0, 0.1) is 23.6 Å². The summed E-state index contributed by atoms with van der Waals surface area (Å²) in [5.41, 5.74) is 0.457. The monoisotopic (exact) mass is 560 g/mol. The number of carbonyl (C=O) groups is 4. The quantitative estimate of drug-likeness (QED) is 0.189. The summed E-state index contributed by atoms with van der Waals surface area (Å²) in [6, 6.07) is 3.47. The molecule has 4 amide bonds. The Labute approximate surface area is 205 Å². The number of alkyl halides is 3. The third-order valence-corrected chi connectivity index (χ3v) is 9.21. The normalized spacial score (nSPS) is 37.8. The number of likely N-dealkylation sites (tertiary alicyclic amines) is 1. The summed E-state index contributed by atoms with van der Waals surface area (Å²) < 4.78 is 14.4. The molecule has 6 unspecified atom stereocenters. The van der Waals surface area contributed by atoms with Crippen molar-refractivity contribution in [3.63, 3.8) is 0 Å². The van der Waals surface area contributed by atoms with Gasteiger partial charge >= 0.3 is 0 Å². The summed E-state index contributed by atoms with van der Waals surface area (Å²) in [6.07, 6.45) is 1.51. The number of phenolic OH excluding ortho intramolecular Hbond substituents is 1. The highest BCUT2D eigenvalue weighted by molar-refractivity contribution is 9.09. The van der Waals surface area contributed by atoms with Gasteiger partial charge in [0.15, 0.2) is 21.3 Å². The number of hydrogen-bond donors (Lipinski definition) is 2. The highest BCUT2D eigenvalue weighted by atomic mass is 79.9. The average Bonchev–Trinajstić information content (AvgIpc) is 3.09. The molecule has 4 aliphatic rings. The number of carbonyl (C=O) groups excluding carboxylic acids is 4. The number of phenols is 1. The molecule has 5 rings (SSSR count). The standard InChI is InChI=1S/C21H16BrCl2FN2O6/c22-7-26-18(31)20(23)6-11-9(2-3-10-14(11)17(30)27(33)16(10)29)15(21(20,24)19(26)32)8-1-4-13(28)12(25)5-8/h1-2,4-5,10-11,14-15,28,33H,3,6-7H2. The lowest BCUT2D eigenvalue weighted by Crippen LogP contribution is -2.60. The van der Waals surface area contributed by atoms with Gasteiger partial charge in [0.1, 0.15) is 0 Å². The fourth-order valence-electron chi connectivity index (χ4n) is 5.81. The van der Waals surface area contributed by atoms with Gasteiger partial charge in [-0.1, -0.05) is 33.6 Å². The van der Waals surface area contributed by atoms with Gasteiger partial charge in [-0.3, -0.25) is 29.3 Å². The number of benzene rings is 1. The maximum absolute atomic E-state index is 14.4. The van der Waals surface area contributed by atoms with Crippen molar-refractivity contribution in [3.05, 3.63) is 41.2 Å². The summed E-state index contributed by atoms with van der Waals surface area (Å²) in [6.45, 7) is 0. The zero-order valence-electron chi connectivity index (χ0n) is 16.7. The number of allylic oxidation sites excluding steroid dienone is 2. The largest absolute Gasteiger partial charge is 0.505 e. The summed E-state index contributed by atoms with van der Waals surface area (Å²) in [5, 5.41) is 19.7. The molecule has 8 nitrogen and oxygen atoms in total. The molecule has 2 aliphatic carbocycles. The van der Waals surface area contributed by atoms with Crippen molar-refractivity contribution >= 4 is 62.8 Å². The Morgan fingerprint density at radius 1 is 1.12 bits per heavy atom. The Morgan fingerprint density at radius 3 is 2.45 bits per heavy atom. The Balaban J connectivity index is 1.76. The molecule has 1 aromatic carbocycles. The van der Waals surface area contributed by atoms with Crippen LogP contribution in [-0.4, -0.2) is 59.1 Å². The Morgan fingerprint density at radius 2 is 1.82 bits per heavy atom. The number of aromatic hydroxyl groups is 1. The van der Waals surface area contributed by atoms with E-state index in [-0.39, 0.29) is 28.9 Å². The van der Waals surface area contributed by atoms with Crippen LogP contribution in [-0.2, 0) is 19.2 Å². The molecule has 0 aromatic heterocycles. The highest BCUT2D eigenvalue weighted by Gasteiger charge is 2.76. The predicted octanol–water partition coefficient (Wildman–Crippen LogP) is 2.63. The predicted molar refractivity (Wildman–Crippen MR) is 115 cm³/mol. The number of hydroxylamine groups is 2. The Kier molecular flexibility index (Phi) is 5.00. The van der Waals surface area contributed by atoms with Gasteiger partial charge in [-0.05, 0) is 36.5 Å². The van der Waals surface area contributed by atoms with Crippen molar-refractivity contribution in [1.82, 2.24) is 9.96 Å². The van der Waals surface area contributed by atoms with Crippen LogP contribution in [0.3, 0.4) is 0 Å². The molecule has 12 heteroatoms. The molecule has 6 atom stereocenters. The number of imide groups is 2. The Bertz CT molecular complexity index is 1180. The molecule has 2 N–H and O–H groups in total. The molecule has 3 fully saturated rings. The molecule has 33 heavy (non-hydrogen) atoms. The maximum Gasteiger partial charge on any atom is 0.257 e. The van der Waals surface area contributed by atoms with E-state index in [0.29, 0.717) is 5.57 Å². The lowest BCUT2D eigenvalue weighted by molar-refractivity contribution is -0.173. The van der Waals surface area contributed by atoms with E-state index in [9.17, 15) is 33.9 Å². The van der Waals surface area contributed by atoms with Crippen molar-refractivity contribution in [3.8, 4) is 5.75 Å². The molecule has 2 saturated heterocycles. The minimum atomic E-state index is -2.05. The van der Waals surface area contributed by atoms with Crippen molar-refractivity contribution < 1.29 is 33.9 Å². The van der Waals surface area contributed by atoms with E-state index >= 15 is 0 Å². The van der Waals surface area contributed by atoms with E-state index in [1.54, 1.807) is 6.08 Å². The average molecular weight is 562 g/mol. The van der Waals surface area contributed by atoms with E-state index in [1.807, 2.05) is 0 Å². The summed E-state index contributed by atoms with van der Waals surface area (Å²) >= 11 is 17.0. The van der Waals surface area contributed by atoms with Crippen LogP contribution in [0.25, 0.3) is 0 Å². The lowest BCUT2D eigenvalue weighted by atomic mass is 9.56. The molecular formula is C21H16BrCl2FN2O6. The molecule has 0 spiro atoms. The van der Waals surface area contributed by atoms with Gasteiger partial charge in [0.2, 0.25) is 0 Å². The molecule has 1 aromatic rings. The van der Waals surface area contributed by atoms with E-state index in [0.717, 1.165) is 17.0 Å². The van der Waals surface area contributed by atoms with Gasteiger partial charge in [0.05, 0.1) is 17.3 Å². The third-order valence-electron chi connectivity index (χ3n) is 7.30. The van der Waals surface area contributed by atoms with Gasteiger partial charge in [-0.15, -0.1) is 23.2 Å². The first kappa shape index (κ1) is 22.8. The van der Waals surface area contributed by atoms with Crippen molar-refractivity contribution in [1.29, 1.82) is 0 Å². The summed E-state index contributed by atoms with van der Waals surface area (Å²) in [7, 11) is 0. The van der Waals surface area contributed by atoms with Crippen LogP contribution in [0.1, 0.15) is 24.3 Å². The van der Waals surface area contributed by atoms with Gasteiger partial charge in [-0.2, -0.15) is 5.06 Å². The van der Waals surface area contributed by atoms with Crippen LogP contribution in [0.2, 0.25) is 0 Å². The van der Waals surface area contributed by atoms with E-state index in [4.69, 9.17) is 23.2 Å². The number of rotatable bonds is 2. The molecule has 2 heterocycles. The van der Waals surface area contributed by atoms with Crippen LogP contribution in [0.15, 0.2) is 29.8 Å². The summed E-state index contributed by atoms with van der Waals surface area (Å²) in [5.74, 6) is -8.52. The minimum Gasteiger partial charge on any atom is -0.505 e. The second kappa shape index (κ2) is 7.24. The first-order valence-corrected chi connectivity index (χ1v) is 11.9. The number of hydrogen-bond acceptors (Lipinski definition) is 6. The third kappa shape index (κ3) is 2.66. The summed E-state index contributed by atoms with van der Waals surface area (Å²) in [4.78, 5) is 48.7. The zero-order chi connectivity index (χ0) is 24.0. The van der Waals surface area contributed by atoms with Crippen LogP contribution in [0.5, 0.6) is 5.75 Å². The Hall–Kier alpha value is -2.01. The highest BCUT2D eigenvalue weighted by Crippen LogP contribution is 2.65. The smallest absolute Gasteiger partial charge is 0.257 e. The number of fused-ring (bicyclic) bond motifs is 4. The molecule has 2 aliphatic heterocycles. The number of amides is 4. The van der Waals surface area contributed by atoms with E-state index < -0.39 is 68.6 Å². The fourth-order valence-corrected chi connectivity index (χ4v) is 7.24. The molecule has 1 saturated carbocycles. The van der Waals surface area contributed by atoms with Gasteiger partial charge < -0.3 is 5.11 Å². The fraction of sp³-hybridized carbons (Fsp3) is 0.429. The molecule has 0 bridgehead atoms. The van der Waals surface area contributed by atoms with Gasteiger partial charge in [-0.25, -0.2) is 4.39 Å². The SMILES string of the molecule is O=C1C2CC=C3C(CC4(Cl)C(=O)N(CBr)C(=O)C4(Cl)C3c3ccc(O)c(F)c3)C2C(=O)N1O. The van der Waals surface area contributed by atoms with Crippen molar-refractivity contribution in [2.75, 3.05) is 5.45 Å². The van der Waals surface area contributed by atoms with E-state index in [2.05, 4.69) is 15.9 Å². The minimum absolute atomic E-state index is 0.0806. The topological polar surface area (TPSA) is 115 Å². The molecule has 174 valence electrons. The zero-order valence-corrected chi connectivity index (χ0v) is 19.8. The van der Waals surface area contributed by atoms with Crippen LogP contribution < -0.4 is 0 Å². The van der Waals surface area contributed by atoms with E-state index in [1.165, 1.54) is 6.07 Å². The van der Waals surface area contributed by atoms with Crippen molar-refractivity contribution in [2.24, 2.45) is 17.8 Å².